The summed E-state index contributed by atoms with van der Waals surface area (Å²) in [5, 5.41) is 0. The first kappa shape index (κ1) is 27.1. The molecule has 0 saturated heterocycles. The fourth-order valence-electron chi connectivity index (χ4n) is 5.07. The predicted octanol–water partition coefficient (Wildman–Crippen LogP) is 10.3. The van der Waals surface area contributed by atoms with Gasteiger partial charge in [-0.3, -0.25) is 0 Å². The third-order valence-corrected chi connectivity index (χ3v) is 7.17. The van der Waals surface area contributed by atoms with Crippen LogP contribution in [0.1, 0.15) is 120 Å². The molecule has 2 nitrogen and oxygen atoms in total. The Morgan fingerprint density at radius 3 is 1.86 bits per heavy atom. The van der Waals surface area contributed by atoms with E-state index in [1.165, 1.54) is 92.0 Å². The van der Waals surface area contributed by atoms with Gasteiger partial charge in [-0.2, -0.15) is 0 Å². The number of allylic oxidation sites excluding steroid dienone is 2. The Bertz CT molecular complexity index is 1010. The molecule has 188 valence electrons. The lowest BCUT2D eigenvalue weighted by atomic mass is 9.98. The van der Waals surface area contributed by atoms with Gasteiger partial charge in [-0.25, -0.2) is 4.70 Å². The van der Waals surface area contributed by atoms with E-state index in [2.05, 4.69) is 75.4 Å². The molecular formula is C33H46N2. The third kappa shape index (κ3) is 8.02. The van der Waals surface area contributed by atoms with Crippen LogP contribution in [-0.4, -0.2) is 4.70 Å². The Balaban J connectivity index is 1.84. The number of unbranched alkanes of at least 4 members (excludes halogenated alkanes) is 8. The van der Waals surface area contributed by atoms with Crippen molar-refractivity contribution in [2.45, 2.75) is 111 Å². The van der Waals surface area contributed by atoms with Crippen molar-refractivity contribution in [1.82, 2.24) is 0 Å². The van der Waals surface area contributed by atoms with Crippen molar-refractivity contribution in [2.75, 3.05) is 0 Å². The van der Waals surface area contributed by atoms with Gasteiger partial charge in [0, 0.05) is 22.8 Å². The van der Waals surface area contributed by atoms with Crippen molar-refractivity contribution in [3.63, 3.8) is 0 Å². The lowest BCUT2D eigenvalue weighted by Gasteiger charge is -2.12. The van der Waals surface area contributed by atoms with E-state index in [0.717, 1.165) is 41.8 Å². The van der Waals surface area contributed by atoms with E-state index < -0.39 is 0 Å². The molecule has 35 heavy (non-hydrogen) atoms. The molecular weight excluding hydrogens is 424 g/mol. The molecule has 2 aromatic carbocycles. The summed E-state index contributed by atoms with van der Waals surface area (Å²) in [6, 6.07) is 17.6. The van der Waals surface area contributed by atoms with Crippen molar-refractivity contribution >= 4 is 11.4 Å². The standard InChI is InChI=1S/C33H46N2/c1-4-7-10-11-12-14-21-31-26-32(29-22-15-19-27(24-29)17-9-6-3)35(34)33(31)30-23-16-20-28(25-30)18-13-8-5-2/h15-16,19-20,22-26H,4-14,17-18,21H2,1-3H3. The summed E-state index contributed by atoms with van der Waals surface area (Å²) in [6.45, 7) is 6.76. The molecule has 0 saturated carbocycles. The van der Waals surface area contributed by atoms with E-state index in [9.17, 15) is 5.53 Å². The molecule has 3 rings (SSSR count). The molecule has 2 aromatic rings. The van der Waals surface area contributed by atoms with Crippen molar-refractivity contribution < 1.29 is 4.70 Å². The van der Waals surface area contributed by atoms with Crippen LogP contribution >= 0.6 is 0 Å². The highest BCUT2D eigenvalue weighted by molar-refractivity contribution is 5.78. The van der Waals surface area contributed by atoms with Gasteiger partial charge in [0.1, 0.15) is 0 Å². The Labute approximate surface area is 214 Å². The molecule has 0 aromatic heterocycles. The van der Waals surface area contributed by atoms with Crippen LogP contribution in [0.25, 0.3) is 16.9 Å². The second-order valence-corrected chi connectivity index (χ2v) is 10.2. The fraction of sp³-hybridized carbons (Fsp3) is 0.515. The number of aryl methyl sites for hydroxylation is 2. The van der Waals surface area contributed by atoms with Crippen LogP contribution in [0.3, 0.4) is 0 Å². The van der Waals surface area contributed by atoms with Gasteiger partial charge in [0.05, 0.1) is 0 Å². The number of hydrogen-bond acceptors (Lipinski definition) is 0. The summed E-state index contributed by atoms with van der Waals surface area (Å²) in [4.78, 5) is 0. The van der Waals surface area contributed by atoms with Gasteiger partial charge < -0.3 is 5.53 Å². The number of hydrogen-bond donors (Lipinski definition) is 0. The first-order chi connectivity index (χ1) is 17.2. The summed E-state index contributed by atoms with van der Waals surface area (Å²) in [7, 11) is 0. The van der Waals surface area contributed by atoms with Crippen molar-refractivity contribution in [1.29, 1.82) is 0 Å². The van der Waals surface area contributed by atoms with Gasteiger partial charge in [0.2, 0.25) is 11.4 Å². The van der Waals surface area contributed by atoms with Gasteiger partial charge in [-0.15, -0.1) is 0 Å². The summed E-state index contributed by atoms with van der Waals surface area (Å²) in [5.41, 5.74) is 19.6. The highest BCUT2D eigenvalue weighted by Gasteiger charge is 2.28. The molecule has 0 amide bonds. The molecule has 0 N–H and O–H groups in total. The minimum Gasteiger partial charge on any atom is -0.493 e. The Morgan fingerprint density at radius 2 is 1.14 bits per heavy atom. The van der Waals surface area contributed by atoms with Crippen LogP contribution in [0.5, 0.6) is 0 Å². The van der Waals surface area contributed by atoms with Gasteiger partial charge in [0.15, 0.2) is 0 Å². The minimum atomic E-state index is 0.913. The van der Waals surface area contributed by atoms with E-state index in [1.807, 2.05) is 0 Å². The van der Waals surface area contributed by atoms with Crippen LogP contribution in [0, 0.1) is 0 Å². The molecule has 1 aliphatic heterocycles. The van der Waals surface area contributed by atoms with Gasteiger partial charge in [-0.05, 0) is 73.9 Å². The number of nitrogens with zero attached hydrogens (tertiary/aromatic N) is 2. The van der Waals surface area contributed by atoms with Crippen molar-refractivity contribution in [3.05, 3.63) is 88.0 Å². The monoisotopic (exact) mass is 470 g/mol. The smallest absolute Gasteiger partial charge is 0.210 e. The van der Waals surface area contributed by atoms with Crippen LogP contribution in [0.4, 0.5) is 0 Å². The molecule has 0 aliphatic carbocycles. The molecule has 1 heterocycles. The Kier molecular flexibility index (Phi) is 11.5. The topological polar surface area (TPSA) is 25.3 Å². The molecule has 0 radical (unpaired) electrons. The lowest BCUT2D eigenvalue weighted by molar-refractivity contribution is -0.344. The zero-order chi connectivity index (χ0) is 24.9. The molecule has 0 spiro atoms. The maximum absolute atomic E-state index is 11.5. The largest absolute Gasteiger partial charge is 0.493 e. The normalized spacial score (nSPS) is 13.6. The van der Waals surface area contributed by atoms with Gasteiger partial charge in [-0.1, -0.05) is 96.4 Å². The summed E-state index contributed by atoms with van der Waals surface area (Å²) >= 11 is 0. The average Bonchev–Trinajstić information content (AvgIpc) is 3.21. The second-order valence-electron chi connectivity index (χ2n) is 10.2. The highest BCUT2D eigenvalue weighted by Crippen LogP contribution is 2.38. The van der Waals surface area contributed by atoms with Crippen molar-refractivity contribution in [3.8, 4) is 0 Å². The number of benzene rings is 2. The summed E-state index contributed by atoms with van der Waals surface area (Å²) in [5.74, 6) is 0. The third-order valence-electron chi connectivity index (χ3n) is 7.17. The van der Waals surface area contributed by atoms with Crippen LogP contribution in [0.2, 0.25) is 0 Å². The first-order valence-electron chi connectivity index (χ1n) is 14.3. The second kappa shape index (κ2) is 14.8. The highest BCUT2D eigenvalue weighted by atomic mass is 15.2. The predicted molar refractivity (Wildman–Crippen MR) is 151 cm³/mol. The molecule has 0 unspecified atom stereocenters. The summed E-state index contributed by atoms with van der Waals surface area (Å²) < 4.78 is 1.47. The Hall–Kier alpha value is -2.48. The van der Waals surface area contributed by atoms with E-state index in [4.69, 9.17) is 0 Å². The number of rotatable bonds is 16. The van der Waals surface area contributed by atoms with Crippen LogP contribution in [-0.2, 0) is 12.8 Å². The fourth-order valence-corrected chi connectivity index (χ4v) is 5.07. The minimum absolute atomic E-state index is 0.913. The Morgan fingerprint density at radius 1 is 0.600 bits per heavy atom. The van der Waals surface area contributed by atoms with E-state index in [-0.39, 0.29) is 0 Å². The maximum Gasteiger partial charge on any atom is 0.210 e. The molecule has 0 bridgehead atoms. The molecule has 0 fully saturated rings. The lowest BCUT2D eigenvalue weighted by Crippen LogP contribution is -2.03. The maximum atomic E-state index is 11.5. The van der Waals surface area contributed by atoms with Gasteiger partial charge >= 0.3 is 0 Å². The zero-order valence-electron chi connectivity index (χ0n) is 22.5. The molecule has 0 atom stereocenters. The average molecular weight is 471 g/mol. The van der Waals surface area contributed by atoms with Gasteiger partial charge in [0.25, 0.3) is 0 Å². The van der Waals surface area contributed by atoms with E-state index >= 15 is 0 Å². The van der Waals surface area contributed by atoms with E-state index in [1.54, 1.807) is 0 Å². The van der Waals surface area contributed by atoms with E-state index in [0.29, 0.717) is 0 Å². The SMILES string of the molecule is CCCCCCCCC1=C(c2cccc(CCCCC)c2)[N+](=[N-])C(c2cccc(CCCC)c2)=C1. The molecule has 1 aliphatic rings. The van der Waals surface area contributed by atoms with Crippen LogP contribution in [0.15, 0.2) is 60.2 Å². The molecule has 2 heteroatoms. The van der Waals surface area contributed by atoms with Crippen molar-refractivity contribution in [2.24, 2.45) is 0 Å². The first-order valence-corrected chi connectivity index (χ1v) is 14.3. The quantitative estimate of drug-likeness (QED) is 0.172. The van der Waals surface area contributed by atoms with Crippen LogP contribution < -0.4 is 0 Å². The zero-order valence-corrected chi connectivity index (χ0v) is 22.5. The summed E-state index contributed by atoms with van der Waals surface area (Å²) in [6.07, 6.45) is 19.3.